The van der Waals surface area contributed by atoms with Crippen molar-refractivity contribution in [3.63, 3.8) is 0 Å². The third-order valence-electron chi connectivity index (χ3n) is 4.91. The number of hydrogen-bond donors (Lipinski definition) is 0. The van der Waals surface area contributed by atoms with Gasteiger partial charge in [0.1, 0.15) is 23.8 Å². The highest BCUT2D eigenvalue weighted by atomic mass is 16.5. The van der Waals surface area contributed by atoms with Gasteiger partial charge in [-0.2, -0.15) is 0 Å². The van der Waals surface area contributed by atoms with Crippen LogP contribution in [0.2, 0.25) is 0 Å². The van der Waals surface area contributed by atoms with Crippen molar-refractivity contribution in [2.24, 2.45) is 0 Å². The Kier molecular flexibility index (Phi) is 4.92. The van der Waals surface area contributed by atoms with Gasteiger partial charge < -0.3 is 14.1 Å². The first-order chi connectivity index (χ1) is 13.2. The highest BCUT2D eigenvalue weighted by Gasteiger charge is 2.32. The average molecular weight is 362 g/mol. The van der Waals surface area contributed by atoms with Gasteiger partial charge in [-0.25, -0.2) is 4.98 Å². The maximum Gasteiger partial charge on any atom is 0.227 e. The summed E-state index contributed by atoms with van der Waals surface area (Å²) in [6.07, 6.45) is 5.42. The molecule has 0 N–H and O–H groups in total. The molecule has 4 rings (SSSR count). The number of likely N-dealkylation sites (tertiary alicyclic amines) is 1. The van der Waals surface area contributed by atoms with E-state index in [1.807, 2.05) is 60.4 Å². The SMILES string of the molecule is Cc1ccccc1Oc1ccc(CC(=O)N2CCCC2c2ncco2)cc1. The van der Waals surface area contributed by atoms with Crippen LogP contribution >= 0.6 is 0 Å². The van der Waals surface area contributed by atoms with Gasteiger partial charge in [0.25, 0.3) is 0 Å². The van der Waals surface area contributed by atoms with E-state index in [1.165, 1.54) is 0 Å². The molecule has 5 nitrogen and oxygen atoms in total. The molecule has 1 saturated heterocycles. The number of amides is 1. The van der Waals surface area contributed by atoms with Gasteiger partial charge in [0.15, 0.2) is 0 Å². The van der Waals surface area contributed by atoms with Gasteiger partial charge in [-0.05, 0) is 49.1 Å². The molecule has 0 spiro atoms. The van der Waals surface area contributed by atoms with E-state index >= 15 is 0 Å². The number of carbonyl (C=O) groups excluding carboxylic acids is 1. The normalized spacial score (nSPS) is 16.5. The number of ether oxygens (including phenoxy) is 1. The summed E-state index contributed by atoms with van der Waals surface area (Å²) >= 11 is 0. The first kappa shape index (κ1) is 17.3. The second kappa shape index (κ2) is 7.66. The predicted octanol–water partition coefficient (Wildman–Crippen LogP) is 4.68. The zero-order valence-corrected chi connectivity index (χ0v) is 15.3. The number of oxazole rings is 1. The molecule has 2 heterocycles. The molecule has 1 atom stereocenters. The summed E-state index contributed by atoms with van der Waals surface area (Å²) in [6, 6.07) is 15.6. The Balaban J connectivity index is 1.41. The van der Waals surface area contributed by atoms with Gasteiger partial charge in [0.05, 0.1) is 12.6 Å². The van der Waals surface area contributed by atoms with E-state index in [1.54, 1.807) is 12.5 Å². The third-order valence-corrected chi connectivity index (χ3v) is 4.91. The summed E-state index contributed by atoms with van der Waals surface area (Å²) in [5.74, 6) is 2.33. The third kappa shape index (κ3) is 3.87. The molecule has 0 saturated carbocycles. The van der Waals surface area contributed by atoms with Gasteiger partial charge in [-0.3, -0.25) is 4.79 Å². The monoisotopic (exact) mass is 362 g/mol. The molecule has 1 fully saturated rings. The molecule has 0 bridgehead atoms. The van der Waals surface area contributed by atoms with Crippen LogP contribution in [0.15, 0.2) is 65.4 Å². The van der Waals surface area contributed by atoms with E-state index in [0.29, 0.717) is 12.3 Å². The van der Waals surface area contributed by atoms with E-state index in [2.05, 4.69) is 4.98 Å². The predicted molar refractivity (Wildman–Crippen MR) is 102 cm³/mol. The Bertz CT molecular complexity index is 904. The second-order valence-corrected chi connectivity index (χ2v) is 6.80. The molecule has 1 amide bonds. The summed E-state index contributed by atoms with van der Waals surface area (Å²) in [6.45, 7) is 2.77. The maximum atomic E-state index is 12.8. The second-order valence-electron chi connectivity index (χ2n) is 6.80. The summed E-state index contributed by atoms with van der Waals surface area (Å²) in [5.41, 5.74) is 2.05. The molecule has 0 radical (unpaired) electrons. The van der Waals surface area contributed by atoms with Crippen molar-refractivity contribution >= 4 is 5.91 Å². The van der Waals surface area contributed by atoms with Crippen molar-refractivity contribution in [2.75, 3.05) is 6.54 Å². The number of nitrogens with zero attached hydrogens (tertiary/aromatic N) is 2. The van der Waals surface area contributed by atoms with Crippen molar-refractivity contribution in [2.45, 2.75) is 32.2 Å². The first-order valence-electron chi connectivity index (χ1n) is 9.22. The number of carbonyl (C=O) groups is 1. The minimum Gasteiger partial charge on any atom is -0.457 e. The zero-order valence-electron chi connectivity index (χ0n) is 15.3. The molecule has 1 aromatic heterocycles. The van der Waals surface area contributed by atoms with Gasteiger partial charge in [-0.15, -0.1) is 0 Å². The van der Waals surface area contributed by atoms with Crippen molar-refractivity contribution in [1.29, 1.82) is 0 Å². The van der Waals surface area contributed by atoms with Crippen LogP contribution < -0.4 is 4.74 Å². The Hall–Kier alpha value is -3.08. The maximum absolute atomic E-state index is 12.8. The molecule has 1 unspecified atom stereocenters. The van der Waals surface area contributed by atoms with Crippen LogP contribution in [0, 0.1) is 6.92 Å². The molecule has 0 aliphatic carbocycles. The quantitative estimate of drug-likeness (QED) is 0.661. The standard InChI is InChI=1S/C22H22N2O3/c1-16-5-2-3-7-20(16)27-18-10-8-17(9-11-18)15-21(25)24-13-4-6-19(24)22-23-12-14-26-22/h2-3,5,7-12,14,19H,4,6,13,15H2,1H3. The minimum absolute atomic E-state index is 0.0452. The van der Waals surface area contributed by atoms with E-state index in [-0.39, 0.29) is 11.9 Å². The number of aryl methyl sites for hydroxylation is 1. The smallest absolute Gasteiger partial charge is 0.227 e. The Morgan fingerprint density at radius 3 is 2.78 bits per heavy atom. The molecule has 1 aliphatic rings. The van der Waals surface area contributed by atoms with Gasteiger partial charge in [-0.1, -0.05) is 30.3 Å². The molecular formula is C22H22N2O3. The number of rotatable bonds is 5. The largest absolute Gasteiger partial charge is 0.457 e. The van der Waals surface area contributed by atoms with Crippen molar-refractivity contribution in [1.82, 2.24) is 9.88 Å². The van der Waals surface area contributed by atoms with Crippen LogP contribution in [-0.4, -0.2) is 22.3 Å². The molecular weight excluding hydrogens is 340 g/mol. The molecule has 27 heavy (non-hydrogen) atoms. The summed E-state index contributed by atoms with van der Waals surface area (Å²) in [4.78, 5) is 18.9. The Labute approximate surface area is 158 Å². The minimum atomic E-state index is -0.0452. The highest BCUT2D eigenvalue weighted by Crippen LogP contribution is 2.31. The zero-order chi connectivity index (χ0) is 18.6. The summed E-state index contributed by atoms with van der Waals surface area (Å²) in [7, 11) is 0. The summed E-state index contributed by atoms with van der Waals surface area (Å²) in [5, 5.41) is 0. The lowest BCUT2D eigenvalue weighted by Gasteiger charge is -2.22. The molecule has 138 valence electrons. The molecule has 3 aromatic rings. The van der Waals surface area contributed by atoms with Crippen LogP contribution in [0.4, 0.5) is 0 Å². The van der Waals surface area contributed by atoms with Crippen LogP contribution in [-0.2, 0) is 11.2 Å². The van der Waals surface area contributed by atoms with E-state index in [0.717, 1.165) is 42.0 Å². The van der Waals surface area contributed by atoms with Crippen molar-refractivity contribution in [3.05, 3.63) is 78.0 Å². The number of para-hydroxylation sites is 1. The number of benzene rings is 2. The van der Waals surface area contributed by atoms with Crippen molar-refractivity contribution in [3.8, 4) is 11.5 Å². The summed E-state index contributed by atoms with van der Waals surface area (Å²) < 4.78 is 11.3. The van der Waals surface area contributed by atoms with Crippen LogP contribution in [0.5, 0.6) is 11.5 Å². The molecule has 1 aliphatic heterocycles. The molecule has 5 heteroatoms. The lowest BCUT2D eigenvalue weighted by molar-refractivity contribution is -0.131. The van der Waals surface area contributed by atoms with Crippen LogP contribution in [0.3, 0.4) is 0 Å². The lowest BCUT2D eigenvalue weighted by atomic mass is 10.1. The fraction of sp³-hybridized carbons (Fsp3) is 0.273. The highest BCUT2D eigenvalue weighted by molar-refractivity contribution is 5.79. The van der Waals surface area contributed by atoms with Gasteiger partial charge in [0.2, 0.25) is 11.8 Å². The fourth-order valence-electron chi connectivity index (χ4n) is 3.47. The molecule has 2 aromatic carbocycles. The Morgan fingerprint density at radius 2 is 2.04 bits per heavy atom. The van der Waals surface area contributed by atoms with E-state index in [4.69, 9.17) is 9.15 Å². The Morgan fingerprint density at radius 1 is 1.22 bits per heavy atom. The number of hydrogen-bond acceptors (Lipinski definition) is 4. The van der Waals surface area contributed by atoms with Crippen LogP contribution in [0.1, 0.15) is 35.9 Å². The average Bonchev–Trinajstić information content (AvgIpc) is 3.36. The van der Waals surface area contributed by atoms with E-state index < -0.39 is 0 Å². The lowest BCUT2D eigenvalue weighted by Crippen LogP contribution is -2.31. The van der Waals surface area contributed by atoms with Crippen molar-refractivity contribution < 1.29 is 13.9 Å². The van der Waals surface area contributed by atoms with Crippen LogP contribution in [0.25, 0.3) is 0 Å². The fourth-order valence-corrected chi connectivity index (χ4v) is 3.47. The first-order valence-corrected chi connectivity index (χ1v) is 9.22. The van der Waals surface area contributed by atoms with Gasteiger partial charge in [0, 0.05) is 6.54 Å². The van der Waals surface area contributed by atoms with Gasteiger partial charge >= 0.3 is 0 Å². The number of aromatic nitrogens is 1. The van der Waals surface area contributed by atoms with E-state index in [9.17, 15) is 4.79 Å². The topological polar surface area (TPSA) is 55.6 Å².